The first-order valence-electron chi connectivity index (χ1n) is 3.67. The molecule has 4 heteroatoms. The normalized spacial score (nSPS) is 12.8. The second kappa shape index (κ2) is 4.19. The molecular weight excluding hydrogens is 170 g/mol. The van der Waals surface area contributed by atoms with E-state index in [1.807, 2.05) is 24.4 Å². The van der Waals surface area contributed by atoms with E-state index in [-0.39, 0.29) is 6.04 Å². The van der Waals surface area contributed by atoms with Crippen LogP contribution in [0.3, 0.4) is 0 Å². The van der Waals surface area contributed by atoms with Crippen LogP contribution in [0.5, 0.6) is 0 Å². The number of rotatable bonds is 3. The predicted molar refractivity (Wildman–Crippen MR) is 48.9 cm³/mol. The number of nitrogens with zero attached hydrogens (tertiary/aromatic N) is 3. The molecule has 0 saturated carbocycles. The third-order valence-electron chi connectivity index (χ3n) is 1.66. The number of aromatic nitrogens is 1. The lowest BCUT2D eigenvalue weighted by molar-refractivity contribution is 0.347. The fourth-order valence-corrected chi connectivity index (χ4v) is 1.45. The smallest absolute Gasteiger partial charge is 0.103 e. The van der Waals surface area contributed by atoms with Gasteiger partial charge in [0.25, 0.3) is 0 Å². The van der Waals surface area contributed by atoms with Crippen LogP contribution in [0.15, 0.2) is 10.9 Å². The fraction of sp³-hybridized carbons (Fsp3) is 0.500. The monoisotopic (exact) mass is 181 g/mol. The average molecular weight is 181 g/mol. The molecule has 1 unspecified atom stereocenters. The van der Waals surface area contributed by atoms with Crippen molar-refractivity contribution in [1.82, 2.24) is 9.88 Å². The van der Waals surface area contributed by atoms with E-state index in [0.29, 0.717) is 6.42 Å². The van der Waals surface area contributed by atoms with Crippen molar-refractivity contribution >= 4 is 11.3 Å². The molecule has 0 saturated heterocycles. The van der Waals surface area contributed by atoms with Crippen LogP contribution >= 0.6 is 11.3 Å². The molecule has 12 heavy (non-hydrogen) atoms. The Morgan fingerprint density at radius 1 is 1.75 bits per heavy atom. The molecule has 0 aliphatic carbocycles. The Morgan fingerprint density at radius 3 is 2.92 bits per heavy atom. The van der Waals surface area contributed by atoms with Gasteiger partial charge >= 0.3 is 0 Å². The first kappa shape index (κ1) is 9.17. The summed E-state index contributed by atoms with van der Waals surface area (Å²) in [5, 5.41) is 10.8. The molecule has 0 bridgehead atoms. The predicted octanol–water partition coefficient (Wildman–Crippen LogP) is 1.14. The summed E-state index contributed by atoms with van der Waals surface area (Å²) in [5.74, 6) is 0. The molecule has 0 fully saturated rings. The molecule has 0 aliphatic heterocycles. The summed E-state index contributed by atoms with van der Waals surface area (Å²) in [7, 11) is 3.81. The summed E-state index contributed by atoms with van der Waals surface area (Å²) in [6.07, 6.45) is 0.715. The second-order valence-electron chi connectivity index (χ2n) is 2.79. The molecule has 1 heterocycles. The van der Waals surface area contributed by atoms with Crippen molar-refractivity contribution in [3.63, 3.8) is 0 Å². The highest BCUT2D eigenvalue weighted by molar-refractivity contribution is 7.07. The first-order valence-corrected chi connectivity index (χ1v) is 4.61. The third kappa shape index (κ3) is 2.29. The maximum Gasteiger partial charge on any atom is 0.103 e. The molecule has 0 aromatic carbocycles. The van der Waals surface area contributed by atoms with Crippen molar-refractivity contribution in [2.24, 2.45) is 0 Å². The SMILES string of the molecule is CN(C)C(C#N)Cc1cscn1. The number of thiazole rings is 1. The Bertz CT molecular complexity index is 260. The summed E-state index contributed by atoms with van der Waals surface area (Å²) in [4.78, 5) is 6.03. The van der Waals surface area contributed by atoms with E-state index in [9.17, 15) is 0 Å². The average Bonchev–Trinajstić information content (AvgIpc) is 2.51. The summed E-state index contributed by atoms with van der Waals surface area (Å²) >= 11 is 1.56. The van der Waals surface area contributed by atoms with Crippen molar-refractivity contribution in [3.8, 4) is 6.07 Å². The molecule has 0 spiro atoms. The molecule has 1 atom stereocenters. The lowest BCUT2D eigenvalue weighted by Crippen LogP contribution is -2.28. The molecule has 3 nitrogen and oxygen atoms in total. The van der Waals surface area contributed by atoms with E-state index in [0.717, 1.165) is 5.69 Å². The van der Waals surface area contributed by atoms with E-state index < -0.39 is 0 Å². The van der Waals surface area contributed by atoms with Crippen LogP contribution in [-0.4, -0.2) is 30.0 Å². The fourth-order valence-electron chi connectivity index (χ4n) is 0.880. The molecule has 1 aromatic heterocycles. The van der Waals surface area contributed by atoms with E-state index in [2.05, 4.69) is 11.1 Å². The molecule has 64 valence electrons. The Labute approximate surface area is 76.3 Å². The lowest BCUT2D eigenvalue weighted by Gasteiger charge is -2.15. The minimum atomic E-state index is -0.0629. The van der Waals surface area contributed by atoms with Gasteiger partial charge in [0.1, 0.15) is 6.04 Å². The van der Waals surface area contributed by atoms with E-state index in [1.165, 1.54) is 0 Å². The highest BCUT2D eigenvalue weighted by Gasteiger charge is 2.11. The van der Waals surface area contributed by atoms with Gasteiger partial charge in [-0.1, -0.05) is 0 Å². The number of nitriles is 1. The molecule has 0 aliphatic rings. The van der Waals surface area contributed by atoms with Gasteiger partial charge in [-0.05, 0) is 14.1 Å². The Balaban J connectivity index is 2.56. The Kier molecular flexibility index (Phi) is 3.20. The van der Waals surface area contributed by atoms with Gasteiger partial charge in [-0.15, -0.1) is 11.3 Å². The van der Waals surface area contributed by atoms with Crippen molar-refractivity contribution in [2.45, 2.75) is 12.5 Å². The number of hydrogen-bond acceptors (Lipinski definition) is 4. The zero-order chi connectivity index (χ0) is 8.97. The van der Waals surface area contributed by atoms with Crippen LogP contribution in [-0.2, 0) is 6.42 Å². The minimum absolute atomic E-state index is 0.0629. The zero-order valence-corrected chi connectivity index (χ0v) is 8.01. The quantitative estimate of drug-likeness (QED) is 0.702. The van der Waals surface area contributed by atoms with E-state index in [1.54, 1.807) is 16.8 Å². The zero-order valence-electron chi connectivity index (χ0n) is 7.19. The summed E-state index contributed by atoms with van der Waals surface area (Å²) in [5.41, 5.74) is 2.79. The highest BCUT2D eigenvalue weighted by atomic mass is 32.1. The van der Waals surface area contributed by atoms with Gasteiger partial charge in [-0.2, -0.15) is 5.26 Å². The van der Waals surface area contributed by atoms with Gasteiger partial charge in [0.15, 0.2) is 0 Å². The van der Waals surface area contributed by atoms with Gasteiger partial charge in [-0.25, -0.2) is 4.98 Å². The molecule has 0 radical (unpaired) electrons. The number of hydrogen-bond donors (Lipinski definition) is 0. The minimum Gasteiger partial charge on any atom is -0.294 e. The standard InChI is InChI=1S/C8H11N3S/c1-11(2)8(4-9)3-7-5-12-6-10-7/h5-6,8H,3H2,1-2H3. The summed E-state index contributed by atoms with van der Waals surface area (Å²) in [6, 6.07) is 2.17. The van der Waals surface area contributed by atoms with Crippen LogP contribution in [0, 0.1) is 11.3 Å². The molecule has 0 amide bonds. The van der Waals surface area contributed by atoms with E-state index in [4.69, 9.17) is 5.26 Å². The van der Waals surface area contributed by atoms with Crippen molar-refractivity contribution in [3.05, 3.63) is 16.6 Å². The van der Waals surface area contributed by atoms with Crippen LogP contribution in [0.1, 0.15) is 5.69 Å². The third-order valence-corrected chi connectivity index (χ3v) is 2.29. The van der Waals surface area contributed by atoms with Crippen molar-refractivity contribution < 1.29 is 0 Å². The van der Waals surface area contributed by atoms with Crippen molar-refractivity contribution in [1.29, 1.82) is 5.26 Å². The van der Waals surface area contributed by atoms with Gasteiger partial charge in [0.2, 0.25) is 0 Å². The van der Waals surface area contributed by atoms with E-state index >= 15 is 0 Å². The lowest BCUT2D eigenvalue weighted by atomic mass is 10.2. The van der Waals surface area contributed by atoms with Gasteiger partial charge in [0.05, 0.1) is 17.3 Å². The van der Waals surface area contributed by atoms with Crippen molar-refractivity contribution in [2.75, 3.05) is 14.1 Å². The summed E-state index contributed by atoms with van der Waals surface area (Å²) < 4.78 is 0. The summed E-state index contributed by atoms with van der Waals surface area (Å²) in [6.45, 7) is 0. The largest absolute Gasteiger partial charge is 0.294 e. The molecule has 0 N–H and O–H groups in total. The molecule has 1 aromatic rings. The van der Waals surface area contributed by atoms with Crippen LogP contribution in [0.4, 0.5) is 0 Å². The second-order valence-corrected chi connectivity index (χ2v) is 3.51. The first-order chi connectivity index (χ1) is 5.74. The topological polar surface area (TPSA) is 39.9 Å². The van der Waals surface area contributed by atoms with Gasteiger partial charge in [0, 0.05) is 11.8 Å². The molecule has 1 rings (SSSR count). The van der Waals surface area contributed by atoms with Crippen LogP contribution in [0.25, 0.3) is 0 Å². The Morgan fingerprint density at radius 2 is 2.50 bits per heavy atom. The van der Waals surface area contributed by atoms with Gasteiger partial charge < -0.3 is 0 Å². The molecular formula is C8H11N3S. The van der Waals surface area contributed by atoms with Crippen LogP contribution in [0.2, 0.25) is 0 Å². The number of likely N-dealkylation sites (N-methyl/N-ethyl adjacent to an activating group) is 1. The maximum atomic E-state index is 8.78. The maximum absolute atomic E-state index is 8.78. The Hall–Kier alpha value is -0.920. The van der Waals surface area contributed by atoms with Crippen LogP contribution < -0.4 is 0 Å². The highest BCUT2D eigenvalue weighted by Crippen LogP contribution is 2.06. The van der Waals surface area contributed by atoms with Gasteiger partial charge in [-0.3, -0.25) is 4.90 Å².